The van der Waals surface area contributed by atoms with Crippen LogP contribution in [0, 0.1) is 5.92 Å². The van der Waals surface area contributed by atoms with Gasteiger partial charge in [0.15, 0.2) is 0 Å². The number of amides is 1. The van der Waals surface area contributed by atoms with E-state index in [0.29, 0.717) is 24.5 Å². The minimum absolute atomic E-state index is 0.0954. The van der Waals surface area contributed by atoms with Gasteiger partial charge < -0.3 is 19.5 Å². The number of alkyl carbamates (subject to hydrolysis) is 1. The molecule has 0 saturated carbocycles. The van der Waals surface area contributed by atoms with Gasteiger partial charge in [0.25, 0.3) is 0 Å². The number of hydrogen-bond donors (Lipinski definition) is 1. The molecular formula is C23H29NO5. The lowest BCUT2D eigenvalue weighted by Crippen LogP contribution is -2.35. The van der Waals surface area contributed by atoms with Gasteiger partial charge in [-0.05, 0) is 50.6 Å². The summed E-state index contributed by atoms with van der Waals surface area (Å²) in [5, 5.41) is 2.72. The van der Waals surface area contributed by atoms with Gasteiger partial charge in [0.05, 0.1) is 12.2 Å². The first-order valence-corrected chi connectivity index (χ1v) is 9.64. The summed E-state index contributed by atoms with van der Waals surface area (Å²) in [6.45, 7) is 8.53. The van der Waals surface area contributed by atoms with Crippen LogP contribution in [0.15, 0.2) is 54.6 Å². The molecule has 0 aliphatic rings. The standard InChI is InChI=1S/C23H29NO5/c1-17(14-24-22(26)29-23(2,3)4)15-27-20-12-10-19(11-13-20)21(25)28-16-18-8-6-5-7-9-18/h5-13,17H,14-16H2,1-4H3,(H,24,26). The van der Waals surface area contributed by atoms with Gasteiger partial charge in [-0.2, -0.15) is 0 Å². The molecule has 0 radical (unpaired) electrons. The minimum atomic E-state index is -0.520. The average molecular weight is 399 g/mol. The molecule has 1 N–H and O–H groups in total. The first kappa shape index (κ1) is 22.3. The smallest absolute Gasteiger partial charge is 0.407 e. The van der Waals surface area contributed by atoms with E-state index in [0.717, 1.165) is 5.56 Å². The molecule has 2 aromatic carbocycles. The fourth-order valence-electron chi connectivity index (χ4n) is 2.36. The number of ether oxygens (including phenoxy) is 3. The van der Waals surface area contributed by atoms with Crippen LogP contribution in [-0.2, 0) is 16.1 Å². The first-order chi connectivity index (χ1) is 13.7. The molecule has 29 heavy (non-hydrogen) atoms. The molecule has 0 aliphatic heterocycles. The summed E-state index contributed by atoms with van der Waals surface area (Å²) in [5.41, 5.74) is 0.885. The molecule has 0 heterocycles. The van der Waals surface area contributed by atoms with E-state index in [2.05, 4.69) is 5.32 Å². The highest BCUT2D eigenvalue weighted by atomic mass is 16.6. The first-order valence-electron chi connectivity index (χ1n) is 9.64. The fraction of sp³-hybridized carbons (Fsp3) is 0.391. The number of benzene rings is 2. The predicted molar refractivity (Wildman–Crippen MR) is 111 cm³/mol. The Bertz CT molecular complexity index is 781. The molecule has 0 aromatic heterocycles. The van der Waals surface area contributed by atoms with Crippen LogP contribution in [0.4, 0.5) is 4.79 Å². The van der Waals surface area contributed by atoms with Crippen LogP contribution in [0.2, 0.25) is 0 Å². The summed E-state index contributed by atoms with van der Waals surface area (Å²) >= 11 is 0. The van der Waals surface area contributed by atoms with Crippen molar-refractivity contribution in [1.29, 1.82) is 0 Å². The molecule has 0 bridgehead atoms. The van der Waals surface area contributed by atoms with E-state index in [1.54, 1.807) is 24.3 Å². The second kappa shape index (κ2) is 10.5. The lowest BCUT2D eigenvalue weighted by molar-refractivity contribution is 0.0471. The Balaban J connectivity index is 1.72. The second-order valence-corrected chi connectivity index (χ2v) is 7.89. The van der Waals surface area contributed by atoms with Crippen molar-refractivity contribution in [3.05, 3.63) is 65.7 Å². The third-order valence-electron chi connectivity index (χ3n) is 3.83. The Morgan fingerprint density at radius 3 is 2.28 bits per heavy atom. The van der Waals surface area contributed by atoms with Crippen molar-refractivity contribution in [3.8, 4) is 5.75 Å². The third-order valence-corrected chi connectivity index (χ3v) is 3.83. The summed E-state index contributed by atoms with van der Waals surface area (Å²) in [5.74, 6) is 0.363. The zero-order chi connectivity index (χ0) is 21.3. The normalized spacial score (nSPS) is 12.0. The molecule has 156 valence electrons. The molecule has 0 aliphatic carbocycles. The van der Waals surface area contributed by atoms with Gasteiger partial charge in [-0.25, -0.2) is 9.59 Å². The molecule has 6 heteroatoms. The molecule has 6 nitrogen and oxygen atoms in total. The maximum atomic E-state index is 12.1. The molecule has 1 atom stereocenters. The summed E-state index contributed by atoms with van der Waals surface area (Å²) < 4.78 is 16.2. The van der Waals surface area contributed by atoms with Crippen LogP contribution < -0.4 is 10.1 Å². The zero-order valence-electron chi connectivity index (χ0n) is 17.4. The monoisotopic (exact) mass is 399 g/mol. The van der Waals surface area contributed by atoms with E-state index in [1.807, 2.05) is 58.0 Å². The predicted octanol–water partition coefficient (Wildman–Crippen LogP) is 4.58. The van der Waals surface area contributed by atoms with E-state index >= 15 is 0 Å². The van der Waals surface area contributed by atoms with Gasteiger partial charge >= 0.3 is 12.1 Å². The summed E-state index contributed by atoms with van der Waals surface area (Å²) in [6, 6.07) is 16.3. The van der Waals surface area contributed by atoms with Crippen LogP contribution in [0.3, 0.4) is 0 Å². The highest BCUT2D eigenvalue weighted by Crippen LogP contribution is 2.15. The summed E-state index contributed by atoms with van der Waals surface area (Å²) in [6.07, 6.45) is -0.442. The number of carbonyl (C=O) groups excluding carboxylic acids is 2. The number of hydrogen-bond acceptors (Lipinski definition) is 5. The lowest BCUT2D eigenvalue weighted by Gasteiger charge is -2.21. The highest BCUT2D eigenvalue weighted by molar-refractivity contribution is 5.89. The van der Waals surface area contributed by atoms with Gasteiger partial charge in [-0.15, -0.1) is 0 Å². The maximum Gasteiger partial charge on any atom is 0.407 e. The zero-order valence-corrected chi connectivity index (χ0v) is 17.4. The van der Waals surface area contributed by atoms with Crippen molar-refractivity contribution in [2.24, 2.45) is 5.92 Å². The largest absolute Gasteiger partial charge is 0.493 e. The lowest BCUT2D eigenvalue weighted by atomic mass is 10.2. The molecule has 0 spiro atoms. The maximum absolute atomic E-state index is 12.1. The summed E-state index contributed by atoms with van der Waals surface area (Å²) in [7, 11) is 0. The van der Waals surface area contributed by atoms with E-state index < -0.39 is 11.7 Å². The van der Waals surface area contributed by atoms with Gasteiger partial charge in [-0.3, -0.25) is 0 Å². The van der Waals surface area contributed by atoms with Gasteiger partial charge in [-0.1, -0.05) is 37.3 Å². The van der Waals surface area contributed by atoms with Gasteiger partial charge in [0.2, 0.25) is 0 Å². The van der Waals surface area contributed by atoms with Crippen molar-refractivity contribution in [2.75, 3.05) is 13.2 Å². The molecule has 2 aromatic rings. The number of esters is 1. The van der Waals surface area contributed by atoms with Crippen LogP contribution >= 0.6 is 0 Å². The van der Waals surface area contributed by atoms with Gasteiger partial charge in [0, 0.05) is 12.5 Å². The van der Waals surface area contributed by atoms with Crippen LogP contribution in [0.25, 0.3) is 0 Å². The van der Waals surface area contributed by atoms with Gasteiger partial charge in [0.1, 0.15) is 18.0 Å². The highest BCUT2D eigenvalue weighted by Gasteiger charge is 2.16. The Morgan fingerprint density at radius 1 is 1.00 bits per heavy atom. The van der Waals surface area contributed by atoms with Crippen LogP contribution in [-0.4, -0.2) is 30.8 Å². The molecule has 0 saturated heterocycles. The number of rotatable bonds is 8. The second-order valence-electron chi connectivity index (χ2n) is 7.89. The van der Waals surface area contributed by atoms with Crippen molar-refractivity contribution in [3.63, 3.8) is 0 Å². The quantitative estimate of drug-likeness (QED) is 0.658. The van der Waals surface area contributed by atoms with Crippen LogP contribution in [0.5, 0.6) is 5.75 Å². The van der Waals surface area contributed by atoms with E-state index in [1.165, 1.54) is 0 Å². The Hall–Kier alpha value is -3.02. The molecule has 2 rings (SSSR count). The van der Waals surface area contributed by atoms with E-state index in [-0.39, 0.29) is 18.5 Å². The average Bonchev–Trinajstić information content (AvgIpc) is 2.69. The fourth-order valence-corrected chi connectivity index (χ4v) is 2.36. The Kier molecular flexibility index (Phi) is 8.07. The van der Waals surface area contributed by atoms with E-state index in [4.69, 9.17) is 14.2 Å². The van der Waals surface area contributed by atoms with Crippen LogP contribution in [0.1, 0.15) is 43.6 Å². The molecule has 1 unspecified atom stereocenters. The van der Waals surface area contributed by atoms with E-state index in [9.17, 15) is 9.59 Å². The summed E-state index contributed by atoms with van der Waals surface area (Å²) in [4.78, 5) is 23.8. The number of carbonyl (C=O) groups is 2. The Labute approximate surface area is 172 Å². The molecule has 1 amide bonds. The van der Waals surface area contributed by atoms with Crippen molar-refractivity contribution < 1.29 is 23.8 Å². The van der Waals surface area contributed by atoms with Crippen molar-refractivity contribution in [2.45, 2.75) is 39.9 Å². The van der Waals surface area contributed by atoms with Crippen molar-refractivity contribution >= 4 is 12.1 Å². The van der Waals surface area contributed by atoms with Crippen molar-refractivity contribution in [1.82, 2.24) is 5.32 Å². The molecular weight excluding hydrogens is 370 g/mol. The third kappa shape index (κ3) is 8.68. The number of nitrogens with one attached hydrogen (secondary N) is 1. The topological polar surface area (TPSA) is 73.9 Å². The SMILES string of the molecule is CC(CNC(=O)OC(C)(C)C)COc1ccc(C(=O)OCc2ccccc2)cc1. The Morgan fingerprint density at radius 2 is 1.66 bits per heavy atom. The molecule has 0 fully saturated rings. The minimum Gasteiger partial charge on any atom is -0.493 e.